The largest absolute Gasteiger partial charge is 0.368 e. The van der Waals surface area contributed by atoms with Crippen LogP contribution in [0.15, 0.2) is 60.7 Å². The maximum absolute atomic E-state index is 10.6. The van der Waals surface area contributed by atoms with E-state index in [1.165, 1.54) is 0 Å². The molecule has 3 unspecified atom stereocenters. The van der Waals surface area contributed by atoms with Crippen LogP contribution >= 0.6 is 0 Å². The number of fused-ring (bicyclic) bond motifs is 1. The van der Waals surface area contributed by atoms with E-state index < -0.39 is 24.6 Å². The summed E-state index contributed by atoms with van der Waals surface area (Å²) < 4.78 is 29.5. The van der Waals surface area contributed by atoms with Crippen LogP contribution in [-0.4, -0.2) is 48.7 Å². The summed E-state index contributed by atoms with van der Waals surface area (Å²) in [4.78, 5) is 0. The molecule has 0 bridgehead atoms. The molecule has 0 aliphatic carbocycles. The number of aliphatic hydroxyl groups excluding tert-OH is 1. The molecule has 0 aromatic heterocycles. The Morgan fingerprint density at radius 1 is 0.857 bits per heavy atom. The van der Waals surface area contributed by atoms with Crippen LogP contribution in [0.3, 0.4) is 0 Å². The Hall–Kier alpha value is -1.80. The molecule has 4 rings (SSSR count). The third-order valence-corrected chi connectivity index (χ3v) is 5.02. The molecule has 2 aliphatic heterocycles. The highest BCUT2D eigenvalue weighted by atomic mass is 16.7. The molecule has 0 spiro atoms. The van der Waals surface area contributed by atoms with Gasteiger partial charge in [0.1, 0.15) is 24.4 Å². The van der Waals surface area contributed by atoms with Gasteiger partial charge in [-0.15, -0.1) is 0 Å². The first kappa shape index (κ1) is 19.5. The van der Waals surface area contributed by atoms with Gasteiger partial charge in [-0.05, 0) is 18.1 Å². The minimum Gasteiger partial charge on any atom is -0.368 e. The van der Waals surface area contributed by atoms with E-state index in [0.717, 1.165) is 11.1 Å². The molecule has 2 aromatic rings. The Labute approximate surface area is 164 Å². The zero-order valence-electron chi connectivity index (χ0n) is 15.8. The van der Waals surface area contributed by atoms with E-state index in [9.17, 15) is 5.11 Å². The highest BCUT2D eigenvalue weighted by molar-refractivity contribution is 5.14. The van der Waals surface area contributed by atoms with Crippen LogP contribution in [0.25, 0.3) is 0 Å². The van der Waals surface area contributed by atoms with Crippen molar-refractivity contribution in [3.8, 4) is 0 Å². The van der Waals surface area contributed by atoms with Gasteiger partial charge in [0.15, 0.2) is 12.6 Å². The summed E-state index contributed by atoms with van der Waals surface area (Å²) in [6, 6.07) is 19.7. The Kier molecular flexibility index (Phi) is 6.36. The van der Waals surface area contributed by atoms with Gasteiger partial charge in [0.25, 0.3) is 0 Å². The predicted octanol–water partition coefficient (Wildman–Crippen LogP) is 2.64. The lowest BCUT2D eigenvalue weighted by Gasteiger charge is -2.47. The van der Waals surface area contributed by atoms with E-state index in [0.29, 0.717) is 19.8 Å². The van der Waals surface area contributed by atoms with Gasteiger partial charge >= 0.3 is 0 Å². The molecule has 0 amide bonds. The SMILES string of the molecule is CC1OCC2O[C@@H](O)C(OCc3ccccc3)[C@H](OCc3ccccc3)[C@@H]2O1. The van der Waals surface area contributed by atoms with Crippen molar-refractivity contribution < 1.29 is 28.8 Å². The van der Waals surface area contributed by atoms with Crippen molar-refractivity contribution in [2.45, 2.75) is 57.1 Å². The first-order chi connectivity index (χ1) is 13.7. The Morgan fingerprint density at radius 3 is 2.04 bits per heavy atom. The van der Waals surface area contributed by atoms with Crippen LogP contribution in [0.4, 0.5) is 0 Å². The molecule has 2 fully saturated rings. The van der Waals surface area contributed by atoms with Crippen LogP contribution in [0.1, 0.15) is 18.1 Å². The number of hydrogen-bond donors (Lipinski definition) is 1. The van der Waals surface area contributed by atoms with Crippen molar-refractivity contribution in [3.63, 3.8) is 0 Å². The quantitative estimate of drug-likeness (QED) is 0.823. The van der Waals surface area contributed by atoms with Gasteiger partial charge in [0, 0.05) is 0 Å². The molecule has 0 radical (unpaired) electrons. The predicted molar refractivity (Wildman–Crippen MR) is 101 cm³/mol. The topological polar surface area (TPSA) is 66.4 Å². The second kappa shape index (κ2) is 9.13. The average molecular weight is 386 g/mol. The Morgan fingerprint density at radius 2 is 1.43 bits per heavy atom. The van der Waals surface area contributed by atoms with Gasteiger partial charge in [0.2, 0.25) is 0 Å². The van der Waals surface area contributed by atoms with Crippen molar-refractivity contribution in [3.05, 3.63) is 71.8 Å². The Balaban J connectivity index is 1.50. The van der Waals surface area contributed by atoms with E-state index in [-0.39, 0.29) is 12.4 Å². The van der Waals surface area contributed by atoms with Gasteiger partial charge in [0.05, 0.1) is 19.8 Å². The maximum atomic E-state index is 10.6. The molecular weight excluding hydrogens is 360 g/mol. The summed E-state index contributed by atoms with van der Waals surface area (Å²) in [5.74, 6) is 0. The molecule has 0 saturated carbocycles. The molecule has 28 heavy (non-hydrogen) atoms. The third-order valence-electron chi connectivity index (χ3n) is 5.02. The summed E-state index contributed by atoms with van der Waals surface area (Å²) in [5, 5.41) is 10.6. The number of hydrogen-bond acceptors (Lipinski definition) is 6. The van der Waals surface area contributed by atoms with Crippen LogP contribution in [0, 0.1) is 0 Å². The Bertz CT molecular complexity index is 724. The fourth-order valence-corrected chi connectivity index (χ4v) is 3.59. The molecule has 2 heterocycles. The van der Waals surface area contributed by atoms with Crippen molar-refractivity contribution in [2.75, 3.05) is 6.61 Å². The molecule has 150 valence electrons. The van der Waals surface area contributed by atoms with E-state index in [2.05, 4.69) is 0 Å². The highest BCUT2D eigenvalue weighted by Crippen LogP contribution is 2.32. The number of rotatable bonds is 6. The summed E-state index contributed by atoms with van der Waals surface area (Å²) in [5.41, 5.74) is 2.06. The van der Waals surface area contributed by atoms with E-state index in [1.807, 2.05) is 67.6 Å². The van der Waals surface area contributed by atoms with Crippen molar-refractivity contribution >= 4 is 0 Å². The number of ether oxygens (including phenoxy) is 5. The van der Waals surface area contributed by atoms with Gasteiger partial charge in [-0.2, -0.15) is 0 Å². The zero-order chi connectivity index (χ0) is 19.3. The fraction of sp³-hybridized carbons (Fsp3) is 0.455. The molecular formula is C22H26O6. The second-order valence-corrected chi connectivity index (χ2v) is 7.09. The van der Waals surface area contributed by atoms with E-state index in [1.54, 1.807) is 0 Å². The van der Waals surface area contributed by atoms with Gasteiger partial charge < -0.3 is 28.8 Å². The minimum atomic E-state index is -1.12. The van der Waals surface area contributed by atoms with Crippen LogP contribution in [0.5, 0.6) is 0 Å². The van der Waals surface area contributed by atoms with Gasteiger partial charge in [-0.1, -0.05) is 60.7 Å². The van der Waals surface area contributed by atoms with Gasteiger partial charge in [-0.25, -0.2) is 0 Å². The van der Waals surface area contributed by atoms with Crippen molar-refractivity contribution in [1.29, 1.82) is 0 Å². The zero-order valence-corrected chi connectivity index (χ0v) is 15.8. The third kappa shape index (κ3) is 4.60. The molecule has 6 atom stereocenters. The molecule has 6 nitrogen and oxygen atoms in total. The molecule has 6 heteroatoms. The van der Waals surface area contributed by atoms with Crippen LogP contribution < -0.4 is 0 Å². The summed E-state index contributed by atoms with van der Waals surface area (Å²) in [7, 11) is 0. The lowest BCUT2D eigenvalue weighted by molar-refractivity contribution is -0.361. The van der Waals surface area contributed by atoms with E-state index >= 15 is 0 Å². The number of benzene rings is 2. The van der Waals surface area contributed by atoms with Crippen LogP contribution in [-0.2, 0) is 36.9 Å². The normalized spacial score (nSPS) is 32.6. The molecule has 2 saturated heterocycles. The summed E-state index contributed by atoms with van der Waals surface area (Å²) in [6.07, 6.45) is -3.41. The number of aliphatic hydroxyl groups is 1. The monoisotopic (exact) mass is 386 g/mol. The van der Waals surface area contributed by atoms with Crippen LogP contribution in [0.2, 0.25) is 0 Å². The van der Waals surface area contributed by atoms with Gasteiger partial charge in [-0.3, -0.25) is 0 Å². The highest BCUT2D eigenvalue weighted by Gasteiger charge is 2.50. The lowest BCUT2D eigenvalue weighted by atomic mass is 9.97. The fourth-order valence-electron chi connectivity index (χ4n) is 3.59. The molecule has 1 N–H and O–H groups in total. The summed E-state index contributed by atoms with van der Waals surface area (Å²) in [6.45, 7) is 2.93. The second-order valence-electron chi connectivity index (χ2n) is 7.09. The average Bonchev–Trinajstić information content (AvgIpc) is 2.73. The minimum absolute atomic E-state index is 0.347. The first-order valence-electron chi connectivity index (χ1n) is 9.62. The maximum Gasteiger partial charge on any atom is 0.184 e. The first-order valence-corrected chi connectivity index (χ1v) is 9.62. The van der Waals surface area contributed by atoms with Crippen molar-refractivity contribution in [2.24, 2.45) is 0 Å². The lowest BCUT2D eigenvalue weighted by Crippen LogP contribution is -2.63. The van der Waals surface area contributed by atoms with Crippen molar-refractivity contribution in [1.82, 2.24) is 0 Å². The standard InChI is InChI=1S/C22H26O6/c1-15-24-14-18-19(27-15)20(25-12-16-8-4-2-5-9-16)21(22(23)28-18)26-13-17-10-6-3-7-11-17/h2-11,15,18-23H,12-14H2,1H3/t15?,18?,19-,20-,21?,22-/m1/s1. The molecule has 2 aromatic carbocycles. The van der Waals surface area contributed by atoms with E-state index in [4.69, 9.17) is 23.7 Å². The smallest absolute Gasteiger partial charge is 0.184 e. The summed E-state index contributed by atoms with van der Waals surface area (Å²) >= 11 is 0. The molecule has 2 aliphatic rings.